The molecule has 4 nitrogen and oxygen atoms in total. The summed E-state index contributed by atoms with van der Waals surface area (Å²) >= 11 is 0. The molecule has 0 amide bonds. The van der Waals surface area contributed by atoms with Crippen LogP contribution in [0.5, 0.6) is 0 Å². The molecule has 0 heterocycles. The lowest BCUT2D eigenvalue weighted by Gasteiger charge is -2.45. The first-order valence-corrected chi connectivity index (χ1v) is 27.8. The smallest absolute Gasteiger partial charge is 0.437 e. The Hall–Kier alpha value is -0.119. The first kappa shape index (κ1) is 46.0. The average molecular weight is 797 g/mol. The zero-order valence-corrected chi connectivity index (χ0v) is 30.4. The molecule has 0 rings (SSSR count). The van der Waals surface area contributed by atoms with Crippen molar-refractivity contribution in [3.8, 4) is 0 Å². The molecule has 0 aliphatic heterocycles. The molecule has 0 spiro atoms. The van der Waals surface area contributed by atoms with E-state index in [1.807, 2.05) is 0 Å². The fraction of sp³-hybridized carbons (Fsp3) is 1.00. The molecule has 0 aliphatic rings. The Morgan fingerprint density at radius 2 is 0.477 bits per heavy atom. The number of alkyl halides is 18. The minimum absolute atomic E-state index is 1.34. The largest absolute Gasteiger partial charge is 0.554 e. The standard InChI is InChI=1S/C8H6F18O2Si3.C8H24O2Si3/c1-29(3(9,10)11,4(12,13)14)27-31(7(21,22)23,8(24,25)26)28-30(2,5(15,16)17)6(18,19)20;1-11(2,3)9-13(7,8)10-12(4,5)6/h1-2H3;1-8H3. The molecule has 0 saturated carbocycles. The predicted octanol–water partition coefficient (Wildman–Crippen LogP) is 9.61. The summed E-state index contributed by atoms with van der Waals surface area (Å²) in [4.78, 5) is 0. The van der Waals surface area contributed by atoms with Crippen molar-refractivity contribution in [2.24, 2.45) is 0 Å². The van der Waals surface area contributed by atoms with E-state index in [-0.39, 0.29) is 0 Å². The van der Waals surface area contributed by atoms with E-state index in [0.717, 1.165) is 0 Å². The van der Waals surface area contributed by atoms with E-state index in [9.17, 15) is 79.0 Å². The monoisotopic (exact) mass is 796 g/mol. The topological polar surface area (TPSA) is 36.9 Å². The summed E-state index contributed by atoms with van der Waals surface area (Å²) in [6.07, 6.45) is 0. The van der Waals surface area contributed by atoms with Gasteiger partial charge in [-0.1, -0.05) is 0 Å². The maximum atomic E-state index is 13.2. The first-order valence-electron chi connectivity index (χ1n) is 11.5. The van der Waals surface area contributed by atoms with E-state index in [2.05, 4.69) is 60.6 Å². The van der Waals surface area contributed by atoms with Crippen LogP contribution in [0.2, 0.25) is 65.5 Å². The Morgan fingerprint density at radius 1 is 0.295 bits per heavy atom. The van der Waals surface area contributed by atoms with Crippen LogP contribution in [0.15, 0.2) is 0 Å². The van der Waals surface area contributed by atoms with Gasteiger partial charge in [-0.15, -0.1) is 0 Å². The summed E-state index contributed by atoms with van der Waals surface area (Å²) in [5.41, 5.74) is 0. The maximum Gasteiger partial charge on any atom is 0.554 e. The van der Waals surface area contributed by atoms with Gasteiger partial charge in [-0.25, -0.2) is 0 Å². The second-order valence-corrected chi connectivity index (χ2v) is 35.0. The minimum atomic E-state index is -9.67. The molecule has 0 unspecified atom stereocenters. The highest BCUT2D eigenvalue weighted by Gasteiger charge is 2.90. The van der Waals surface area contributed by atoms with Crippen LogP contribution < -0.4 is 0 Å². The van der Waals surface area contributed by atoms with Crippen molar-refractivity contribution in [2.75, 3.05) is 0 Å². The molecule has 0 aromatic carbocycles. The molecule has 0 fully saturated rings. The minimum Gasteiger partial charge on any atom is -0.437 e. The number of hydrogen-bond donors (Lipinski definition) is 0. The fourth-order valence-corrected chi connectivity index (χ4v) is 25.2. The normalized spacial score (nSPS) is 16.1. The van der Waals surface area contributed by atoms with Crippen LogP contribution in [-0.4, -0.2) is 85.2 Å². The van der Waals surface area contributed by atoms with Crippen molar-refractivity contribution < 1.29 is 95.5 Å². The molecule has 44 heavy (non-hydrogen) atoms. The molecule has 0 aliphatic carbocycles. The highest BCUT2D eigenvalue weighted by atomic mass is 28.5. The third-order valence-electron chi connectivity index (χ3n) is 4.71. The molecule has 268 valence electrons. The molecular weight excluding hydrogens is 767 g/mol. The van der Waals surface area contributed by atoms with Gasteiger partial charge < -0.3 is 16.5 Å². The van der Waals surface area contributed by atoms with Gasteiger partial charge >= 0.3 is 68.6 Å². The van der Waals surface area contributed by atoms with Gasteiger partial charge in [-0.2, -0.15) is 79.0 Å². The highest BCUT2D eigenvalue weighted by molar-refractivity contribution is 6.93. The summed E-state index contributed by atoms with van der Waals surface area (Å²) < 4.78 is 250. The van der Waals surface area contributed by atoms with E-state index >= 15 is 0 Å². The quantitative estimate of drug-likeness (QED) is 0.181. The number of halogens is 18. The summed E-state index contributed by atoms with van der Waals surface area (Å²) in [5, 5.41) is 0. The van der Waals surface area contributed by atoms with Gasteiger partial charge in [0.25, 0.3) is 0 Å². The van der Waals surface area contributed by atoms with Gasteiger partial charge in [0, 0.05) is 0 Å². The van der Waals surface area contributed by atoms with Crippen LogP contribution >= 0.6 is 0 Å². The van der Waals surface area contributed by atoms with E-state index in [1.165, 1.54) is 0 Å². The van der Waals surface area contributed by atoms with Crippen molar-refractivity contribution in [3.63, 3.8) is 0 Å². The average Bonchev–Trinajstić information content (AvgIpc) is 2.57. The van der Waals surface area contributed by atoms with Crippen LogP contribution in [-0.2, 0) is 16.5 Å². The third-order valence-corrected chi connectivity index (χ3v) is 24.9. The van der Waals surface area contributed by atoms with Crippen LogP contribution in [0.3, 0.4) is 0 Å². The zero-order chi connectivity index (χ0) is 36.8. The molecule has 0 aromatic heterocycles. The molecule has 0 bridgehead atoms. The fourth-order valence-electron chi connectivity index (χ4n) is 3.04. The van der Waals surface area contributed by atoms with Gasteiger partial charge in [0.1, 0.15) is 0 Å². The first-order chi connectivity index (χ1) is 18.3. The van der Waals surface area contributed by atoms with E-state index in [1.54, 1.807) is 0 Å². The lowest BCUT2D eigenvalue weighted by molar-refractivity contribution is -0.177. The van der Waals surface area contributed by atoms with E-state index < -0.39 is 98.3 Å². The van der Waals surface area contributed by atoms with Crippen molar-refractivity contribution in [3.05, 3.63) is 0 Å². The second-order valence-electron chi connectivity index (χ2n) is 11.7. The Morgan fingerprint density at radius 3 is 0.591 bits per heavy atom. The summed E-state index contributed by atoms with van der Waals surface area (Å²) in [6, 6.07) is 0. The summed E-state index contributed by atoms with van der Waals surface area (Å²) in [5.74, 6) is -43.7. The Kier molecular flexibility index (Phi) is 13.7. The van der Waals surface area contributed by atoms with Crippen LogP contribution in [0.25, 0.3) is 0 Å². The van der Waals surface area contributed by atoms with Gasteiger partial charge in [0.2, 0.25) is 0 Å². The van der Waals surface area contributed by atoms with Crippen molar-refractivity contribution >= 4 is 50.4 Å². The molecule has 0 atom stereocenters. The van der Waals surface area contributed by atoms with Crippen LogP contribution in [0, 0.1) is 0 Å². The zero-order valence-electron chi connectivity index (χ0n) is 24.4. The van der Waals surface area contributed by atoms with E-state index in [0.29, 0.717) is 0 Å². The molecular formula is C16H30F18O4Si6. The second kappa shape index (κ2) is 13.1. The van der Waals surface area contributed by atoms with Gasteiger partial charge in [0.15, 0.2) is 16.6 Å². The van der Waals surface area contributed by atoms with Crippen LogP contribution in [0.1, 0.15) is 0 Å². The number of rotatable bonds is 8. The molecule has 0 radical (unpaired) electrons. The van der Waals surface area contributed by atoms with Crippen LogP contribution in [0.4, 0.5) is 79.0 Å². The highest BCUT2D eigenvalue weighted by Crippen LogP contribution is 2.54. The Bertz CT molecular complexity index is 839. The number of hydrogen-bond acceptors (Lipinski definition) is 4. The molecule has 0 saturated heterocycles. The SMILES string of the molecule is C[Si](C)(C)O[Si](C)(C)O[Si](C)(C)C.C[Si](O[Si](O[Si](C)(C(F)(F)F)C(F)(F)F)(C(F)(F)F)C(F)(F)F)(C(F)(F)F)C(F)(F)F. The maximum absolute atomic E-state index is 13.2. The predicted molar refractivity (Wildman–Crippen MR) is 134 cm³/mol. The van der Waals surface area contributed by atoms with Crippen molar-refractivity contribution in [2.45, 2.75) is 100 Å². The summed E-state index contributed by atoms with van der Waals surface area (Å²) in [6.45, 7) is 14.9. The Labute approximate surface area is 246 Å². The lowest BCUT2D eigenvalue weighted by Crippen LogP contribution is -2.81. The van der Waals surface area contributed by atoms with Crippen molar-refractivity contribution in [1.82, 2.24) is 0 Å². The van der Waals surface area contributed by atoms with E-state index in [4.69, 9.17) is 8.23 Å². The van der Waals surface area contributed by atoms with Crippen molar-refractivity contribution in [1.29, 1.82) is 0 Å². The molecule has 28 heteroatoms. The third kappa shape index (κ3) is 11.5. The summed E-state index contributed by atoms with van der Waals surface area (Å²) in [7, 11) is -31.3. The molecule has 0 N–H and O–H groups in total. The van der Waals surface area contributed by atoms with Gasteiger partial charge in [-0.3, -0.25) is 0 Å². The Balaban J connectivity index is 0. The van der Waals surface area contributed by atoms with Gasteiger partial charge in [-0.05, 0) is 65.5 Å². The molecule has 0 aromatic rings. The van der Waals surface area contributed by atoms with Gasteiger partial charge in [0.05, 0.1) is 0 Å². The lowest BCUT2D eigenvalue weighted by atomic mass is 11.5.